The first-order valence-electron chi connectivity index (χ1n) is 9.15. The van der Waals surface area contributed by atoms with Crippen LogP contribution < -0.4 is 10.1 Å². The molecule has 0 spiro atoms. The average Bonchev–Trinajstić information content (AvgIpc) is 3.33. The molecule has 3 aromatic heterocycles. The number of carbonyl (C=O) groups excluding carboxylic acids is 1. The van der Waals surface area contributed by atoms with E-state index in [4.69, 9.17) is 0 Å². The molecule has 0 fully saturated rings. The summed E-state index contributed by atoms with van der Waals surface area (Å²) in [5, 5.41) is 17.6. The molecule has 3 heterocycles. The van der Waals surface area contributed by atoms with E-state index in [1.165, 1.54) is 28.9 Å². The van der Waals surface area contributed by atoms with E-state index in [0.717, 1.165) is 12.1 Å². The number of amides is 1. The first kappa shape index (κ1) is 22.1. The molecule has 0 aliphatic rings. The molecule has 0 saturated heterocycles. The molecule has 4 rings (SSSR count). The van der Waals surface area contributed by atoms with Crippen LogP contribution in [-0.4, -0.2) is 36.9 Å². The second-order valence-corrected chi connectivity index (χ2v) is 7.79. The van der Waals surface area contributed by atoms with Crippen molar-refractivity contribution in [2.24, 2.45) is 7.05 Å². The lowest BCUT2D eigenvalue weighted by Gasteiger charge is -2.10. The van der Waals surface area contributed by atoms with Crippen molar-refractivity contribution in [1.29, 1.82) is 0 Å². The van der Waals surface area contributed by atoms with Gasteiger partial charge in [-0.25, -0.2) is 9.97 Å². The van der Waals surface area contributed by atoms with Crippen LogP contribution in [0.3, 0.4) is 0 Å². The Hall–Kier alpha value is -4.07. The van der Waals surface area contributed by atoms with Gasteiger partial charge in [0.15, 0.2) is 11.6 Å². The van der Waals surface area contributed by atoms with Gasteiger partial charge in [-0.05, 0) is 37.3 Å². The highest BCUT2D eigenvalue weighted by atomic mass is 32.1. The zero-order valence-electron chi connectivity index (χ0n) is 16.9. The number of ether oxygens (including phenoxy) is 1. The highest BCUT2D eigenvalue weighted by molar-refractivity contribution is 7.17. The Bertz CT molecular complexity index is 1380. The Kier molecular flexibility index (Phi) is 5.45. The van der Waals surface area contributed by atoms with E-state index >= 15 is 0 Å². The number of halogens is 3. The van der Waals surface area contributed by atoms with Gasteiger partial charge in [-0.15, -0.1) is 13.2 Å². The number of carbonyl (C=O) groups is 1. The van der Waals surface area contributed by atoms with Gasteiger partial charge < -0.3 is 10.1 Å². The monoisotopic (exact) mass is 478 g/mol. The lowest BCUT2D eigenvalue weighted by atomic mass is 10.2. The Labute approximate surface area is 186 Å². The number of nitrogens with one attached hydrogen (secondary N) is 1. The molecule has 0 saturated carbocycles. The summed E-state index contributed by atoms with van der Waals surface area (Å²) in [4.78, 5) is 31.9. The minimum atomic E-state index is -4.82. The molecule has 0 radical (unpaired) electrons. The Morgan fingerprint density at radius 1 is 1.18 bits per heavy atom. The third-order valence-corrected chi connectivity index (χ3v) is 5.46. The molecule has 4 aromatic rings. The lowest BCUT2D eigenvalue weighted by Crippen LogP contribution is -2.17. The van der Waals surface area contributed by atoms with Crippen LogP contribution in [0.4, 0.5) is 24.0 Å². The molecule has 10 nitrogen and oxygen atoms in total. The highest BCUT2D eigenvalue weighted by Crippen LogP contribution is 2.30. The molecule has 0 atom stereocenters. The number of alkyl halides is 3. The third kappa shape index (κ3) is 4.59. The third-order valence-electron chi connectivity index (χ3n) is 4.42. The van der Waals surface area contributed by atoms with Crippen LogP contribution in [0.15, 0.2) is 36.4 Å². The predicted octanol–water partition coefficient (Wildman–Crippen LogP) is 4.46. The van der Waals surface area contributed by atoms with E-state index in [1.54, 1.807) is 14.0 Å². The van der Waals surface area contributed by atoms with Crippen molar-refractivity contribution in [3.63, 3.8) is 0 Å². The fraction of sp³-hybridized carbons (Fsp3) is 0.158. The van der Waals surface area contributed by atoms with Crippen molar-refractivity contribution in [2.75, 3.05) is 5.32 Å². The molecule has 1 N–H and O–H groups in total. The minimum Gasteiger partial charge on any atom is -0.406 e. The summed E-state index contributed by atoms with van der Waals surface area (Å²) in [6.07, 6.45) is -4.82. The normalized spacial score (nSPS) is 11.5. The van der Waals surface area contributed by atoms with Crippen LogP contribution in [0.2, 0.25) is 0 Å². The fourth-order valence-electron chi connectivity index (χ4n) is 3.07. The van der Waals surface area contributed by atoms with E-state index in [0.29, 0.717) is 33.6 Å². The molecule has 0 aliphatic carbocycles. The largest absolute Gasteiger partial charge is 0.573 e. The summed E-state index contributed by atoms with van der Waals surface area (Å²) >= 11 is 0.707. The number of aromatic nitrogens is 4. The molecule has 0 aliphatic heterocycles. The first-order valence-corrected chi connectivity index (χ1v) is 9.96. The van der Waals surface area contributed by atoms with Crippen LogP contribution in [-0.2, 0) is 7.05 Å². The van der Waals surface area contributed by atoms with Crippen molar-refractivity contribution in [3.05, 3.63) is 57.1 Å². The van der Waals surface area contributed by atoms with Crippen molar-refractivity contribution < 1.29 is 27.6 Å². The van der Waals surface area contributed by atoms with Gasteiger partial charge in [0.1, 0.15) is 16.8 Å². The molecule has 1 aromatic carbocycles. The number of rotatable bonds is 5. The summed E-state index contributed by atoms with van der Waals surface area (Å²) in [5.74, 6) is -0.802. The smallest absolute Gasteiger partial charge is 0.406 e. The predicted molar refractivity (Wildman–Crippen MR) is 112 cm³/mol. The maximum atomic E-state index is 12.7. The van der Waals surface area contributed by atoms with Gasteiger partial charge in [-0.1, -0.05) is 11.3 Å². The number of fused-ring (bicyclic) bond motifs is 1. The topological polar surface area (TPSA) is 125 Å². The first-order chi connectivity index (χ1) is 15.5. The van der Waals surface area contributed by atoms with E-state index in [1.807, 2.05) is 0 Å². The SMILES string of the molecule is Cc1nn(C)c2c(NC(=O)c3ccc([N+](=O)[O-])s3)nc(-c3ccc(OC(F)(F)F)cc3)nc12. The maximum absolute atomic E-state index is 12.7. The van der Waals surface area contributed by atoms with Gasteiger partial charge in [0.25, 0.3) is 5.91 Å². The molecular weight excluding hydrogens is 465 g/mol. The minimum absolute atomic E-state index is 0.0924. The van der Waals surface area contributed by atoms with Gasteiger partial charge >= 0.3 is 11.4 Å². The highest BCUT2D eigenvalue weighted by Gasteiger charge is 2.31. The number of hydrogen-bond donors (Lipinski definition) is 1. The number of nitro groups is 1. The van der Waals surface area contributed by atoms with Gasteiger partial charge in [0, 0.05) is 18.7 Å². The molecule has 33 heavy (non-hydrogen) atoms. The lowest BCUT2D eigenvalue weighted by molar-refractivity contribution is -0.380. The molecule has 1 amide bonds. The summed E-state index contributed by atoms with van der Waals surface area (Å²) in [6.45, 7) is 1.70. The quantitative estimate of drug-likeness (QED) is 0.332. The van der Waals surface area contributed by atoms with Crippen molar-refractivity contribution in [3.8, 4) is 17.1 Å². The zero-order chi connectivity index (χ0) is 23.9. The number of anilines is 1. The summed E-state index contributed by atoms with van der Waals surface area (Å²) in [5.41, 5.74) is 1.74. The summed E-state index contributed by atoms with van der Waals surface area (Å²) in [7, 11) is 1.63. The van der Waals surface area contributed by atoms with Crippen molar-refractivity contribution in [1.82, 2.24) is 19.7 Å². The summed E-state index contributed by atoms with van der Waals surface area (Å²) < 4.78 is 42.6. The zero-order valence-corrected chi connectivity index (χ0v) is 17.7. The molecule has 14 heteroatoms. The van der Waals surface area contributed by atoms with E-state index < -0.39 is 22.9 Å². The molecule has 0 unspecified atom stereocenters. The number of thiophene rings is 1. The second kappa shape index (κ2) is 8.12. The molecular formula is C19H13F3N6O4S. The van der Waals surface area contributed by atoms with Crippen molar-refractivity contribution in [2.45, 2.75) is 13.3 Å². The Morgan fingerprint density at radius 2 is 1.88 bits per heavy atom. The standard InChI is InChI=1S/C19H13F3N6O4S/c1-9-14-15(27(2)26-9)17(25-18(29)12-7-8-13(33-12)28(30)31)24-16(23-14)10-3-5-11(6-4-10)32-19(20,21)22/h3-8H,1-2H3,(H,23,24,25,29). The van der Waals surface area contributed by atoms with Gasteiger partial charge in [0.2, 0.25) is 0 Å². The van der Waals surface area contributed by atoms with Crippen molar-refractivity contribution >= 4 is 39.1 Å². The Balaban J connectivity index is 1.73. The Morgan fingerprint density at radius 3 is 2.48 bits per heavy atom. The van der Waals surface area contributed by atoms with Crippen LogP contribution in [0, 0.1) is 17.0 Å². The number of hydrogen-bond acceptors (Lipinski definition) is 8. The van der Waals surface area contributed by atoms with Crippen LogP contribution in [0.25, 0.3) is 22.4 Å². The van der Waals surface area contributed by atoms with E-state index in [-0.39, 0.29) is 21.5 Å². The second-order valence-electron chi connectivity index (χ2n) is 6.72. The van der Waals surface area contributed by atoms with E-state index in [2.05, 4.69) is 25.1 Å². The van der Waals surface area contributed by atoms with E-state index in [9.17, 15) is 28.1 Å². The van der Waals surface area contributed by atoms with Crippen LogP contribution in [0.5, 0.6) is 5.75 Å². The maximum Gasteiger partial charge on any atom is 0.573 e. The van der Waals surface area contributed by atoms with Crippen LogP contribution >= 0.6 is 11.3 Å². The fourth-order valence-corrected chi connectivity index (χ4v) is 3.79. The molecule has 170 valence electrons. The molecule has 0 bridgehead atoms. The number of nitrogens with zero attached hydrogens (tertiary/aromatic N) is 5. The number of aryl methyl sites for hydroxylation is 2. The van der Waals surface area contributed by atoms with Crippen LogP contribution in [0.1, 0.15) is 15.4 Å². The van der Waals surface area contributed by atoms with Gasteiger partial charge in [0.05, 0.1) is 15.5 Å². The number of benzene rings is 1. The van der Waals surface area contributed by atoms with Gasteiger partial charge in [-0.2, -0.15) is 5.10 Å². The van der Waals surface area contributed by atoms with Gasteiger partial charge in [-0.3, -0.25) is 19.6 Å². The summed E-state index contributed by atoms with van der Waals surface area (Å²) in [6, 6.07) is 7.49. The average molecular weight is 478 g/mol.